The maximum absolute atomic E-state index is 5.59. The van der Waals surface area contributed by atoms with Crippen molar-refractivity contribution in [3.8, 4) is 17.1 Å². The van der Waals surface area contributed by atoms with Crippen molar-refractivity contribution in [3.63, 3.8) is 0 Å². The van der Waals surface area contributed by atoms with Crippen molar-refractivity contribution in [2.75, 3.05) is 11.9 Å². The molecule has 0 aliphatic carbocycles. The lowest BCUT2D eigenvalue weighted by atomic mass is 10.1. The minimum atomic E-state index is 0.528. The van der Waals surface area contributed by atoms with Crippen LogP contribution in [0.4, 0.5) is 5.95 Å². The van der Waals surface area contributed by atoms with Crippen LogP contribution >= 0.6 is 0 Å². The molecule has 0 unspecified atom stereocenters. The summed E-state index contributed by atoms with van der Waals surface area (Å²) in [5.74, 6) is 1.30. The van der Waals surface area contributed by atoms with Crippen molar-refractivity contribution in [2.24, 2.45) is 0 Å². The molecule has 1 N–H and O–H groups in total. The Hall–Kier alpha value is -2.17. The number of nitrogens with zero attached hydrogens (tertiary/aromatic N) is 3. The minimum Gasteiger partial charge on any atom is -0.485 e. The molecule has 0 saturated carbocycles. The number of pyridine rings is 1. The van der Waals surface area contributed by atoms with Crippen LogP contribution in [0.15, 0.2) is 24.5 Å². The summed E-state index contributed by atoms with van der Waals surface area (Å²) in [5, 5.41) is 3.08. The van der Waals surface area contributed by atoms with E-state index in [-0.39, 0.29) is 0 Å². The Morgan fingerprint density at radius 3 is 3.18 bits per heavy atom. The average molecular weight is 228 g/mol. The maximum atomic E-state index is 5.59. The summed E-state index contributed by atoms with van der Waals surface area (Å²) >= 11 is 0. The highest BCUT2D eigenvalue weighted by Crippen LogP contribution is 2.33. The van der Waals surface area contributed by atoms with Crippen LogP contribution in [-0.2, 0) is 6.61 Å². The standard InChI is InChI=1S/C12H12N4O/c1-2-13-12-15-6-9-11(16-12)10-8(7-17-9)4-3-5-14-10/h3-6H,2,7H2,1H3,(H,13,15,16). The Balaban J connectivity index is 2.12. The second-order valence-electron chi connectivity index (χ2n) is 3.74. The molecule has 0 spiro atoms. The molecule has 17 heavy (non-hydrogen) atoms. The Morgan fingerprint density at radius 2 is 2.29 bits per heavy atom. The predicted octanol–water partition coefficient (Wildman–Crippen LogP) is 1.86. The third-order valence-corrected chi connectivity index (χ3v) is 2.59. The molecular weight excluding hydrogens is 216 g/mol. The summed E-state index contributed by atoms with van der Waals surface area (Å²) in [7, 11) is 0. The van der Waals surface area contributed by atoms with Gasteiger partial charge in [-0.25, -0.2) is 9.97 Å². The molecule has 0 atom stereocenters. The molecule has 0 aromatic carbocycles. The third kappa shape index (κ3) is 1.69. The molecule has 86 valence electrons. The molecule has 3 heterocycles. The normalized spacial score (nSPS) is 12.3. The number of hydrogen-bond acceptors (Lipinski definition) is 5. The zero-order valence-corrected chi connectivity index (χ0v) is 9.47. The number of ether oxygens (including phenoxy) is 1. The van der Waals surface area contributed by atoms with Crippen LogP contribution in [-0.4, -0.2) is 21.5 Å². The van der Waals surface area contributed by atoms with Gasteiger partial charge in [-0.3, -0.25) is 4.98 Å². The van der Waals surface area contributed by atoms with Crippen LogP contribution < -0.4 is 10.1 Å². The number of fused-ring (bicyclic) bond motifs is 3. The summed E-state index contributed by atoms with van der Waals surface area (Å²) in [4.78, 5) is 13.0. The van der Waals surface area contributed by atoms with Gasteiger partial charge < -0.3 is 10.1 Å². The van der Waals surface area contributed by atoms with E-state index in [9.17, 15) is 0 Å². The topological polar surface area (TPSA) is 59.9 Å². The second-order valence-corrected chi connectivity index (χ2v) is 3.74. The molecule has 1 aliphatic rings. The van der Waals surface area contributed by atoms with Crippen LogP contribution in [0.1, 0.15) is 12.5 Å². The fourth-order valence-electron chi connectivity index (χ4n) is 1.81. The van der Waals surface area contributed by atoms with E-state index in [2.05, 4.69) is 20.3 Å². The van der Waals surface area contributed by atoms with Crippen molar-refractivity contribution in [1.82, 2.24) is 15.0 Å². The fraction of sp³-hybridized carbons (Fsp3) is 0.250. The van der Waals surface area contributed by atoms with Gasteiger partial charge in [-0.1, -0.05) is 6.07 Å². The van der Waals surface area contributed by atoms with Gasteiger partial charge in [-0.2, -0.15) is 0 Å². The van der Waals surface area contributed by atoms with E-state index in [1.807, 2.05) is 19.1 Å². The summed E-state index contributed by atoms with van der Waals surface area (Å²) in [6.07, 6.45) is 3.46. The van der Waals surface area contributed by atoms with Gasteiger partial charge in [-0.15, -0.1) is 0 Å². The molecule has 0 saturated heterocycles. The van der Waals surface area contributed by atoms with Crippen molar-refractivity contribution < 1.29 is 4.74 Å². The molecule has 3 rings (SSSR count). The van der Waals surface area contributed by atoms with E-state index in [4.69, 9.17) is 4.74 Å². The van der Waals surface area contributed by atoms with E-state index in [1.54, 1.807) is 12.4 Å². The fourth-order valence-corrected chi connectivity index (χ4v) is 1.81. The van der Waals surface area contributed by atoms with Crippen LogP contribution in [0.25, 0.3) is 11.4 Å². The number of rotatable bonds is 2. The molecule has 2 aromatic heterocycles. The van der Waals surface area contributed by atoms with E-state index in [1.165, 1.54) is 0 Å². The first-order valence-electron chi connectivity index (χ1n) is 5.56. The Kier molecular flexibility index (Phi) is 2.36. The monoisotopic (exact) mass is 228 g/mol. The quantitative estimate of drug-likeness (QED) is 0.850. The lowest BCUT2D eigenvalue weighted by Crippen LogP contribution is -2.11. The number of aromatic nitrogens is 3. The van der Waals surface area contributed by atoms with Crippen molar-refractivity contribution in [2.45, 2.75) is 13.5 Å². The zero-order chi connectivity index (χ0) is 11.7. The molecule has 2 aromatic rings. The Bertz CT molecular complexity index is 556. The van der Waals surface area contributed by atoms with E-state index >= 15 is 0 Å². The predicted molar refractivity (Wildman–Crippen MR) is 63.8 cm³/mol. The molecule has 0 fully saturated rings. The molecule has 5 heteroatoms. The maximum Gasteiger partial charge on any atom is 0.223 e. The van der Waals surface area contributed by atoms with Crippen molar-refractivity contribution in [3.05, 3.63) is 30.1 Å². The number of anilines is 1. The Morgan fingerprint density at radius 1 is 1.35 bits per heavy atom. The van der Waals surface area contributed by atoms with Gasteiger partial charge in [0, 0.05) is 18.3 Å². The van der Waals surface area contributed by atoms with Gasteiger partial charge in [-0.05, 0) is 13.0 Å². The summed E-state index contributed by atoms with van der Waals surface area (Å²) in [5.41, 5.74) is 2.70. The highest BCUT2D eigenvalue weighted by Gasteiger charge is 2.20. The van der Waals surface area contributed by atoms with E-state index < -0.39 is 0 Å². The largest absolute Gasteiger partial charge is 0.485 e. The van der Waals surface area contributed by atoms with Crippen LogP contribution in [0, 0.1) is 0 Å². The first-order valence-corrected chi connectivity index (χ1v) is 5.56. The van der Waals surface area contributed by atoms with Crippen LogP contribution in [0.2, 0.25) is 0 Å². The third-order valence-electron chi connectivity index (χ3n) is 2.59. The van der Waals surface area contributed by atoms with Gasteiger partial charge in [0.15, 0.2) is 5.75 Å². The molecule has 1 aliphatic heterocycles. The van der Waals surface area contributed by atoms with Gasteiger partial charge in [0.1, 0.15) is 12.3 Å². The van der Waals surface area contributed by atoms with E-state index in [0.29, 0.717) is 18.3 Å². The highest BCUT2D eigenvalue weighted by molar-refractivity contribution is 5.68. The lowest BCUT2D eigenvalue weighted by molar-refractivity contribution is 0.298. The first kappa shape index (κ1) is 10.0. The SMILES string of the molecule is CCNc1ncc2c(n1)-c1ncccc1CO2. The smallest absolute Gasteiger partial charge is 0.223 e. The van der Waals surface area contributed by atoms with Crippen LogP contribution in [0.3, 0.4) is 0 Å². The number of hydrogen-bond donors (Lipinski definition) is 1. The van der Waals surface area contributed by atoms with Gasteiger partial charge >= 0.3 is 0 Å². The molecule has 5 nitrogen and oxygen atoms in total. The average Bonchev–Trinajstić information content (AvgIpc) is 2.39. The molecule has 0 radical (unpaired) electrons. The minimum absolute atomic E-state index is 0.528. The number of nitrogens with one attached hydrogen (secondary N) is 1. The van der Waals surface area contributed by atoms with Crippen molar-refractivity contribution >= 4 is 5.95 Å². The van der Waals surface area contributed by atoms with Gasteiger partial charge in [0.2, 0.25) is 5.95 Å². The van der Waals surface area contributed by atoms with Gasteiger partial charge in [0.25, 0.3) is 0 Å². The second kappa shape index (κ2) is 4.01. The van der Waals surface area contributed by atoms with Gasteiger partial charge in [0.05, 0.1) is 11.9 Å². The molecular formula is C12H12N4O. The van der Waals surface area contributed by atoms with E-state index in [0.717, 1.165) is 23.5 Å². The first-order chi connectivity index (χ1) is 8.38. The Labute approximate surface area is 98.9 Å². The lowest BCUT2D eigenvalue weighted by Gasteiger charge is -2.18. The van der Waals surface area contributed by atoms with Crippen LogP contribution in [0.5, 0.6) is 5.75 Å². The van der Waals surface area contributed by atoms with Crippen molar-refractivity contribution in [1.29, 1.82) is 0 Å². The zero-order valence-electron chi connectivity index (χ0n) is 9.47. The summed E-state index contributed by atoms with van der Waals surface area (Å²) < 4.78 is 5.59. The molecule has 0 bridgehead atoms. The summed E-state index contributed by atoms with van der Waals surface area (Å²) in [6.45, 7) is 3.32. The molecule has 0 amide bonds. The summed E-state index contributed by atoms with van der Waals surface area (Å²) in [6, 6.07) is 3.90. The highest BCUT2D eigenvalue weighted by atomic mass is 16.5.